The fraction of sp³-hybridized carbons (Fsp3) is 0.526. The Hall–Kier alpha value is -3.21. The molecule has 2 aliphatic rings. The molecule has 30 heavy (non-hydrogen) atoms. The number of aromatic nitrogens is 1. The highest BCUT2D eigenvalue weighted by atomic mass is 16.6. The Kier molecular flexibility index (Phi) is 8.54. The molecule has 0 aromatic carbocycles. The van der Waals surface area contributed by atoms with Crippen molar-refractivity contribution in [2.45, 2.75) is 30.9 Å². The molecule has 0 spiro atoms. The van der Waals surface area contributed by atoms with Crippen molar-refractivity contribution in [3.63, 3.8) is 0 Å². The Morgan fingerprint density at radius 1 is 1.40 bits per heavy atom. The van der Waals surface area contributed by atoms with E-state index in [0.29, 0.717) is 38.9 Å². The fourth-order valence-corrected chi connectivity index (χ4v) is 3.38. The minimum atomic E-state index is -0.940. The second-order valence-electron chi connectivity index (χ2n) is 6.79. The summed E-state index contributed by atoms with van der Waals surface area (Å²) in [6.07, 6.45) is 4.37. The van der Waals surface area contributed by atoms with Gasteiger partial charge >= 0.3 is 6.09 Å². The van der Waals surface area contributed by atoms with Gasteiger partial charge in [0.25, 0.3) is 12.4 Å². The number of nitrogens with zero attached hydrogens (tertiary/aromatic N) is 2. The molecule has 3 N–H and O–H groups in total. The molecule has 164 valence electrons. The molecule has 11 nitrogen and oxygen atoms in total. The topological polar surface area (TPSA) is 147 Å². The molecule has 1 atom stereocenters. The number of nitrogens with one attached hydrogen (secondary N) is 2. The van der Waals surface area contributed by atoms with Crippen LogP contribution < -0.4 is 10.6 Å². The van der Waals surface area contributed by atoms with Gasteiger partial charge in [0.2, 0.25) is 5.91 Å². The first-order chi connectivity index (χ1) is 14.5. The van der Waals surface area contributed by atoms with Gasteiger partial charge in [0.05, 0.1) is 0 Å². The van der Waals surface area contributed by atoms with Gasteiger partial charge in [-0.2, -0.15) is 0 Å². The van der Waals surface area contributed by atoms with Crippen LogP contribution >= 0.6 is 0 Å². The van der Waals surface area contributed by atoms with Gasteiger partial charge < -0.3 is 30.1 Å². The first kappa shape index (κ1) is 23.1. The van der Waals surface area contributed by atoms with Crippen molar-refractivity contribution in [2.24, 2.45) is 0 Å². The molecular weight excluding hydrogens is 396 g/mol. The Morgan fingerprint density at radius 3 is 2.57 bits per heavy atom. The standard InChI is InChI=1S/C18H24N4O5.CH2O2/c1-26-18(16(24)20-9-4-13-2-7-19-8-3-13)5-10-22(11-6-18)15(23)14-12-27-17(25)21-14;2-1-3/h2-3,7-8,14H,4-6,9-12H2,1H3,(H,20,24)(H,21,25);1H,(H,2,3)/t14-;/m0./s1. The number of carbonyl (C=O) groups excluding carboxylic acids is 3. The summed E-state index contributed by atoms with van der Waals surface area (Å²) in [4.78, 5) is 50.2. The van der Waals surface area contributed by atoms with E-state index < -0.39 is 17.7 Å². The van der Waals surface area contributed by atoms with Crippen molar-refractivity contribution >= 4 is 24.4 Å². The summed E-state index contributed by atoms with van der Waals surface area (Å²) >= 11 is 0. The van der Waals surface area contributed by atoms with Crippen LogP contribution in [0.4, 0.5) is 4.79 Å². The minimum absolute atomic E-state index is 0.0408. The number of cyclic esters (lactones) is 1. The summed E-state index contributed by atoms with van der Waals surface area (Å²) in [5, 5.41) is 12.3. The van der Waals surface area contributed by atoms with E-state index in [9.17, 15) is 14.4 Å². The quantitative estimate of drug-likeness (QED) is 0.523. The SMILES string of the molecule is COC1(C(=O)NCCc2ccncc2)CCN(C(=O)[C@@H]2COC(=O)N2)CC1.O=CO. The third-order valence-electron chi connectivity index (χ3n) is 5.11. The number of carbonyl (C=O) groups is 4. The summed E-state index contributed by atoms with van der Waals surface area (Å²) in [5.74, 6) is -0.354. The molecule has 2 fully saturated rings. The number of rotatable bonds is 6. The molecule has 0 aliphatic carbocycles. The summed E-state index contributed by atoms with van der Waals surface area (Å²) in [6, 6.07) is 3.17. The minimum Gasteiger partial charge on any atom is -0.483 e. The lowest BCUT2D eigenvalue weighted by molar-refractivity contribution is -0.154. The van der Waals surface area contributed by atoms with Crippen molar-refractivity contribution in [1.82, 2.24) is 20.5 Å². The maximum absolute atomic E-state index is 12.7. The van der Waals surface area contributed by atoms with E-state index in [2.05, 4.69) is 15.6 Å². The summed E-state index contributed by atoms with van der Waals surface area (Å²) < 4.78 is 10.3. The largest absolute Gasteiger partial charge is 0.483 e. The highest BCUT2D eigenvalue weighted by Gasteiger charge is 2.44. The van der Waals surface area contributed by atoms with Gasteiger partial charge in [-0.3, -0.25) is 19.4 Å². The first-order valence-corrected chi connectivity index (χ1v) is 9.48. The highest BCUT2D eigenvalue weighted by Crippen LogP contribution is 2.27. The van der Waals surface area contributed by atoms with E-state index in [1.165, 1.54) is 7.11 Å². The Morgan fingerprint density at radius 2 is 2.03 bits per heavy atom. The number of alkyl carbamates (subject to hydrolysis) is 1. The van der Waals surface area contributed by atoms with Crippen LogP contribution in [0.25, 0.3) is 0 Å². The van der Waals surface area contributed by atoms with Crippen LogP contribution in [0.3, 0.4) is 0 Å². The third-order valence-corrected chi connectivity index (χ3v) is 5.11. The van der Waals surface area contributed by atoms with E-state index in [1.807, 2.05) is 12.1 Å². The molecule has 0 saturated carbocycles. The first-order valence-electron chi connectivity index (χ1n) is 9.48. The molecule has 0 unspecified atom stereocenters. The van der Waals surface area contributed by atoms with Crippen LogP contribution in [0.5, 0.6) is 0 Å². The van der Waals surface area contributed by atoms with E-state index in [4.69, 9.17) is 19.4 Å². The van der Waals surface area contributed by atoms with E-state index in [1.54, 1.807) is 17.3 Å². The van der Waals surface area contributed by atoms with Crippen molar-refractivity contribution in [3.8, 4) is 0 Å². The van der Waals surface area contributed by atoms with E-state index in [-0.39, 0.29) is 24.9 Å². The van der Waals surface area contributed by atoms with Crippen LogP contribution in [-0.2, 0) is 30.3 Å². The maximum atomic E-state index is 12.7. The molecule has 11 heteroatoms. The normalized spacial score (nSPS) is 19.6. The monoisotopic (exact) mass is 422 g/mol. The molecule has 0 bridgehead atoms. The van der Waals surface area contributed by atoms with Crippen LogP contribution in [0.15, 0.2) is 24.5 Å². The lowest BCUT2D eigenvalue weighted by atomic mass is 9.89. The van der Waals surface area contributed by atoms with Crippen molar-refractivity contribution < 1.29 is 33.8 Å². The molecule has 3 heterocycles. The number of ether oxygens (including phenoxy) is 2. The summed E-state index contributed by atoms with van der Waals surface area (Å²) in [7, 11) is 1.52. The lowest BCUT2D eigenvalue weighted by Gasteiger charge is -2.40. The second-order valence-corrected chi connectivity index (χ2v) is 6.79. The fourth-order valence-electron chi connectivity index (χ4n) is 3.38. The predicted molar refractivity (Wildman–Crippen MR) is 103 cm³/mol. The third kappa shape index (κ3) is 5.89. The number of hydrogen-bond acceptors (Lipinski definition) is 7. The van der Waals surface area contributed by atoms with Gasteiger partial charge in [-0.1, -0.05) is 0 Å². The average Bonchev–Trinajstić information content (AvgIpc) is 3.21. The zero-order valence-corrected chi connectivity index (χ0v) is 16.7. The van der Waals surface area contributed by atoms with E-state index in [0.717, 1.165) is 5.56 Å². The highest BCUT2D eigenvalue weighted by molar-refractivity contribution is 5.89. The van der Waals surface area contributed by atoms with Gasteiger partial charge in [0.15, 0.2) is 0 Å². The lowest BCUT2D eigenvalue weighted by Crippen LogP contribution is -2.58. The zero-order chi connectivity index (χ0) is 22.0. The van der Waals surface area contributed by atoms with Gasteiger partial charge in [-0.05, 0) is 24.1 Å². The summed E-state index contributed by atoms with van der Waals surface area (Å²) in [5.41, 5.74) is 0.155. The number of amides is 3. The van der Waals surface area contributed by atoms with Crippen LogP contribution in [0.2, 0.25) is 0 Å². The Bertz CT molecular complexity index is 736. The van der Waals surface area contributed by atoms with Crippen LogP contribution in [0.1, 0.15) is 18.4 Å². The molecule has 1 aromatic rings. The predicted octanol–water partition coefficient (Wildman–Crippen LogP) is -0.443. The molecule has 0 radical (unpaired) electrons. The molecule has 3 rings (SSSR count). The van der Waals surface area contributed by atoms with Crippen LogP contribution in [0, 0.1) is 0 Å². The molecule has 1 aromatic heterocycles. The van der Waals surface area contributed by atoms with Crippen molar-refractivity contribution in [1.29, 1.82) is 0 Å². The Balaban J connectivity index is 0.00000101. The van der Waals surface area contributed by atoms with Crippen molar-refractivity contribution in [3.05, 3.63) is 30.1 Å². The molecule has 2 aliphatic heterocycles. The molecular formula is C19H26N4O7. The smallest absolute Gasteiger partial charge is 0.407 e. The van der Waals surface area contributed by atoms with Gasteiger partial charge in [-0.15, -0.1) is 0 Å². The van der Waals surface area contributed by atoms with Crippen LogP contribution in [-0.4, -0.2) is 84.4 Å². The number of pyridine rings is 1. The average molecular weight is 422 g/mol. The zero-order valence-electron chi connectivity index (χ0n) is 16.7. The Labute approximate surface area is 173 Å². The molecule has 3 amide bonds. The number of likely N-dealkylation sites (tertiary alicyclic amines) is 1. The van der Waals surface area contributed by atoms with Crippen molar-refractivity contribution in [2.75, 3.05) is 33.4 Å². The number of carboxylic acid groups (broad SMARTS) is 1. The number of methoxy groups -OCH3 is 1. The van der Waals surface area contributed by atoms with Gasteiger partial charge in [0.1, 0.15) is 18.2 Å². The van der Waals surface area contributed by atoms with Gasteiger partial charge in [0, 0.05) is 52.0 Å². The second kappa shape index (κ2) is 11.1. The maximum Gasteiger partial charge on any atom is 0.407 e. The van der Waals surface area contributed by atoms with E-state index >= 15 is 0 Å². The van der Waals surface area contributed by atoms with Gasteiger partial charge in [-0.25, -0.2) is 4.79 Å². The number of piperidine rings is 1. The molecule has 2 saturated heterocycles. The summed E-state index contributed by atoms with van der Waals surface area (Å²) in [6.45, 7) is 1.06. The number of hydrogen-bond donors (Lipinski definition) is 3.